The number of ether oxygens (including phenoxy) is 1. The predicted molar refractivity (Wildman–Crippen MR) is 92.1 cm³/mol. The lowest BCUT2D eigenvalue weighted by atomic mass is 10.1. The van der Waals surface area contributed by atoms with Crippen molar-refractivity contribution in [2.24, 2.45) is 0 Å². The maximum atomic E-state index is 13.0. The highest BCUT2D eigenvalue weighted by atomic mass is 35.5. The third-order valence-electron chi connectivity index (χ3n) is 3.51. The van der Waals surface area contributed by atoms with Crippen molar-refractivity contribution in [1.29, 1.82) is 0 Å². The number of rotatable bonds is 4. The molecule has 0 aliphatic rings. The minimum absolute atomic E-state index is 0.301. The van der Waals surface area contributed by atoms with Crippen molar-refractivity contribution >= 4 is 23.2 Å². The van der Waals surface area contributed by atoms with E-state index < -0.39 is 0 Å². The average molecular weight is 345 g/mol. The third kappa shape index (κ3) is 3.41. The van der Waals surface area contributed by atoms with Crippen LogP contribution in [-0.4, -0.2) is 18.0 Å². The average Bonchev–Trinajstić information content (AvgIpc) is 3.06. The minimum Gasteiger partial charge on any atom is -0.495 e. The van der Waals surface area contributed by atoms with Crippen molar-refractivity contribution in [3.63, 3.8) is 0 Å². The Morgan fingerprint density at radius 1 is 1.12 bits per heavy atom. The molecule has 3 aromatic rings. The Balaban J connectivity index is 1.76. The number of halogens is 2. The fourth-order valence-electron chi connectivity index (χ4n) is 2.28. The normalized spacial score (nSPS) is 10.5. The molecular weight excluding hydrogens is 331 g/mol. The van der Waals surface area contributed by atoms with Crippen LogP contribution in [0.25, 0.3) is 11.1 Å². The van der Waals surface area contributed by atoms with Crippen LogP contribution >= 0.6 is 11.6 Å². The number of aromatic amines is 1. The van der Waals surface area contributed by atoms with Crippen molar-refractivity contribution in [2.75, 3.05) is 12.4 Å². The molecule has 0 atom stereocenters. The summed E-state index contributed by atoms with van der Waals surface area (Å²) in [5.74, 6) is -0.0682. The third-order valence-corrected chi connectivity index (χ3v) is 3.81. The number of amides is 1. The van der Waals surface area contributed by atoms with Gasteiger partial charge < -0.3 is 15.0 Å². The molecule has 0 aliphatic heterocycles. The van der Waals surface area contributed by atoms with E-state index >= 15 is 0 Å². The Hall–Kier alpha value is -2.79. The Morgan fingerprint density at radius 2 is 1.88 bits per heavy atom. The summed E-state index contributed by atoms with van der Waals surface area (Å²) >= 11 is 6.04. The summed E-state index contributed by atoms with van der Waals surface area (Å²) < 4.78 is 18.0. The van der Waals surface area contributed by atoms with Crippen molar-refractivity contribution in [2.45, 2.75) is 0 Å². The fourth-order valence-corrected chi connectivity index (χ4v) is 2.53. The van der Waals surface area contributed by atoms with Crippen LogP contribution in [0.1, 0.15) is 10.5 Å². The molecule has 0 unspecified atom stereocenters. The molecule has 0 saturated heterocycles. The molecule has 4 nitrogen and oxygen atoms in total. The van der Waals surface area contributed by atoms with E-state index in [9.17, 15) is 9.18 Å². The molecule has 0 radical (unpaired) electrons. The van der Waals surface area contributed by atoms with Crippen LogP contribution in [0.5, 0.6) is 5.75 Å². The second kappa shape index (κ2) is 6.76. The number of hydrogen-bond donors (Lipinski definition) is 2. The molecule has 3 rings (SSSR count). The molecule has 1 amide bonds. The minimum atomic E-state index is -0.302. The first kappa shape index (κ1) is 16.1. The maximum absolute atomic E-state index is 13.0. The van der Waals surface area contributed by atoms with Crippen LogP contribution < -0.4 is 10.1 Å². The highest BCUT2D eigenvalue weighted by molar-refractivity contribution is 6.32. The van der Waals surface area contributed by atoms with Crippen LogP contribution in [0.3, 0.4) is 0 Å². The standard InChI is InChI=1S/C18H14ClFN2O2/c1-24-17-7-6-14(9-15(17)19)22-18(23)16-8-12(10-21-16)11-2-4-13(20)5-3-11/h2-10,21H,1H3,(H,22,23). The van der Waals surface area contributed by atoms with Crippen LogP contribution in [0.2, 0.25) is 5.02 Å². The summed E-state index contributed by atoms with van der Waals surface area (Å²) in [6.07, 6.45) is 1.70. The van der Waals surface area contributed by atoms with Gasteiger partial charge in [-0.05, 0) is 47.5 Å². The first-order chi connectivity index (χ1) is 11.6. The lowest BCUT2D eigenvalue weighted by Crippen LogP contribution is -2.12. The molecule has 0 aliphatic carbocycles. The molecule has 0 spiro atoms. The molecule has 24 heavy (non-hydrogen) atoms. The number of hydrogen-bond acceptors (Lipinski definition) is 2. The van der Waals surface area contributed by atoms with E-state index in [1.165, 1.54) is 19.2 Å². The summed E-state index contributed by atoms with van der Waals surface area (Å²) in [6, 6.07) is 12.8. The summed E-state index contributed by atoms with van der Waals surface area (Å²) in [5.41, 5.74) is 2.57. The first-order valence-electron chi connectivity index (χ1n) is 7.16. The van der Waals surface area contributed by atoms with E-state index in [-0.39, 0.29) is 11.7 Å². The highest BCUT2D eigenvalue weighted by Gasteiger charge is 2.11. The van der Waals surface area contributed by atoms with E-state index in [4.69, 9.17) is 16.3 Å². The van der Waals surface area contributed by atoms with Gasteiger partial charge in [0.05, 0.1) is 12.1 Å². The van der Waals surface area contributed by atoms with E-state index in [1.807, 2.05) is 0 Å². The van der Waals surface area contributed by atoms with E-state index in [1.54, 1.807) is 42.6 Å². The lowest BCUT2D eigenvalue weighted by Gasteiger charge is -2.07. The van der Waals surface area contributed by atoms with Crippen molar-refractivity contribution in [1.82, 2.24) is 4.98 Å². The zero-order chi connectivity index (χ0) is 17.1. The van der Waals surface area contributed by atoms with Crippen molar-refractivity contribution in [3.8, 4) is 16.9 Å². The fraction of sp³-hybridized carbons (Fsp3) is 0.0556. The molecule has 0 bridgehead atoms. The van der Waals surface area contributed by atoms with Crippen LogP contribution in [-0.2, 0) is 0 Å². The molecule has 1 aromatic heterocycles. The Kier molecular flexibility index (Phi) is 4.53. The highest BCUT2D eigenvalue weighted by Crippen LogP contribution is 2.27. The van der Waals surface area contributed by atoms with Gasteiger partial charge in [0.2, 0.25) is 0 Å². The number of carbonyl (C=O) groups excluding carboxylic acids is 1. The predicted octanol–water partition coefficient (Wildman–Crippen LogP) is 4.74. The van der Waals surface area contributed by atoms with Gasteiger partial charge in [-0.25, -0.2) is 4.39 Å². The summed E-state index contributed by atoms with van der Waals surface area (Å²) in [5, 5.41) is 3.16. The monoisotopic (exact) mass is 344 g/mol. The molecule has 1 heterocycles. The number of anilines is 1. The number of H-pyrrole nitrogens is 1. The van der Waals surface area contributed by atoms with Gasteiger partial charge in [0.25, 0.3) is 5.91 Å². The van der Waals surface area contributed by atoms with Crippen LogP contribution in [0, 0.1) is 5.82 Å². The molecule has 0 saturated carbocycles. The molecule has 6 heteroatoms. The summed E-state index contributed by atoms with van der Waals surface area (Å²) in [7, 11) is 1.52. The Labute approximate surface area is 143 Å². The summed E-state index contributed by atoms with van der Waals surface area (Å²) in [6.45, 7) is 0. The second-order valence-corrected chi connectivity index (χ2v) is 5.52. The number of methoxy groups -OCH3 is 1. The van der Waals surface area contributed by atoms with Crippen LogP contribution in [0.4, 0.5) is 10.1 Å². The quantitative estimate of drug-likeness (QED) is 0.718. The number of carbonyl (C=O) groups is 1. The van der Waals surface area contributed by atoms with Gasteiger partial charge >= 0.3 is 0 Å². The van der Waals surface area contributed by atoms with E-state index in [0.29, 0.717) is 22.2 Å². The lowest BCUT2D eigenvalue weighted by molar-refractivity contribution is 0.102. The zero-order valence-electron chi connectivity index (χ0n) is 12.8. The van der Waals surface area contributed by atoms with E-state index in [0.717, 1.165) is 11.1 Å². The van der Waals surface area contributed by atoms with Crippen molar-refractivity contribution < 1.29 is 13.9 Å². The summed E-state index contributed by atoms with van der Waals surface area (Å²) in [4.78, 5) is 15.2. The molecule has 122 valence electrons. The largest absolute Gasteiger partial charge is 0.495 e. The van der Waals surface area contributed by atoms with E-state index in [2.05, 4.69) is 10.3 Å². The van der Waals surface area contributed by atoms with Crippen molar-refractivity contribution in [3.05, 3.63) is 71.3 Å². The number of nitrogens with one attached hydrogen (secondary N) is 2. The second-order valence-electron chi connectivity index (χ2n) is 5.11. The van der Waals surface area contributed by atoms with Gasteiger partial charge in [0, 0.05) is 11.9 Å². The molecule has 2 N–H and O–H groups in total. The zero-order valence-corrected chi connectivity index (χ0v) is 13.5. The number of aromatic nitrogens is 1. The van der Waals surface area contributed by atoms with Gasteiger partial charge in [-0.1, -0.05) is 23.7 Å². The Morgan fingerprint density at radius 3 is 2.54 bits per heavy atom. The maximum Gasteiger partial charge on any atom is 0.272 e. The first-order valence-corrected chi connectivity index (χ1v) is 7.54. The number of benzene rings is 2. The van der Waals surface area contributed by atoms with Gasteiger partial charge in [0.15, 0.2) is 0 Å². The smallest absolute Gasteiger partial charge is 0.272 e. The van der Waals surface area contributed by atoms with Gasteiger partial charge in [0.1, 0.15) is 17.3 Å². The van der Waals surface area contributed by atoms with Crippen LogP contribution in [0.15, 0.2) is 54.7 Å². The van der Waals surface area contributed by atoms with Gasteiger partial charge in [-0.2, -0.15) is 0 Å². The molecular formula is C18H14ClFN2O2. The molecule has 0 fully saturated rings. The topological polar surface area (TPSA) is 54.1 Å². The van der Waals surface area contributed by atoms with Gasteiger partial charge in [-0.15, -0.1) is 0 Å². The van der Waals surface area contributed by atoms with Gasteiger partial charge in [-0.3, -0.25) is 4.79 Å². The molecule has 2 aromatic carbocycles. The Bertz CT molecular complexity index is 875. The SMILES string of the molecule is COc1ccc(NC(=O)c2cc(-c3ccc(F)cc3)c[nH]2)cc1Cl.